The normalized spacial score (nSPS) is 33.0. The van der Waals surface area contributed by atoms with Gasteiger partial charge in [-0.1, -0.05) is 6.92 Å². The van der Waals surface area contributed by atoms with E-state index >= 15 is 0 Å². The third kappa shape index (κ3) is 1.64. The molecule has 1 atom stereocenters. The van der Waals surface area contributed by atoms with Gasteiger partial charge < -0.3 is 5.32 Å². The number of nitrogens with one attached hydrogen (secondary N) is 1. The molecule has 0 amide bonds. The van der Waals surface area contributed by atoms with Gasteiger partial charge in [-0.05, 0) is 25.3 Å². The highest BCUT2D eigenvalue weighted by Crippen LogP contribution is 2.18. The number of alkyl halides is 1. The van der Waals surface area contributed by atoms with Crippen molar-refractivity contribution in [2.24, 2.45) is 0 Å². The number of halogens is 1. The van der Waals surface area contributed by atoms with Crippen molar-refractivity contribution >= 4 is 11.6 Å². The van der Waals surface area contributed by atoms with E-state index in [9.17, 15) is 0 Å². The molecule has 1 aliphatic rings. The quantitative estimate of drug-likeness (QED) is 0.390. The Labute approximate surface area is 55.4 Å². The summed E-state index contributed by atoms with van der Waals surface area (Å²) >= 11 is 5.78. The minimum Gasteiger partial charge on any atom is -0.301 e. The van der Waals surface area contributed by atoms with E-state index in [2.05, 4.69) is 12.2 Å². The lowest BCUT2D eigenvalue weighted by atomic mass is 10.0. The molecule has 0 aliphatic carbocycles. The van der Waals surface area contributed by atoms with Gasteiger partial charge in [0.2, 0.25) is 0 Å². The highest BCUT2D eigenvalue weighted by atomic mass is 35.5. The molecule has 1 heterocycles. The first-order valence-electron chi connectivity index (χ1n) is 2.98. The Morgan fingerprint density at radius 3 is 2.88 bits per heavy atom. The summed E-state index contributed by atoms with van der Waals surface area (Å²) in [5, 5.41) is 3.16. The average molecular weight is 133 g/mol. The van der Waals surface area contributed by atoms with E-state index in [-0.39, 0.29) is 5.50 Å². The first-order valence-corrected chi connectivity index (χ1v) is 3.41. The standard InChI is InChI=1S/C6H11ClN/c1-5-2-3-8-6(7)4-5/h6,8H,2-4H2,1H3. The number of hydrogen-bond donors (Lipinski definition) is 1. The Balaban J connectivity index is 2.23. The Bertz CT molecular complexity index is 66.9. The summed E-state index contributed by atoms with van der Waals surface area (Å²) in [5.41, 5.74) is 0.198. The molecule has 0 aromatic rings. The molecule has 0 saturated carbocycles. The van der Waals surface area contributed by atoms with Crippen molar-refractivity contribution in [3.05, 3.63) is 5.92 Å². The van der Waals surface area contributed by atoms with Crippen LogP contribution < -0.4 is 5.32 Å². The topological polar surface area (TPSA) is 12.0 Å². The molecule has 0 bridgehead atoms. The van der Waals surface area contributed by atoms with Crippen LogP contribution in [-0.2, 0) is 0 Å². The van der Waals surface area contributed by atoms with E-state index in [1.165, 1.54) is 12.3 Å². The minimum atomic E-state index is 0.198. The van der Waals surface area contributed by atoms with Crippen LogP contribution in [0.1, 0.15) is 19.8 Å². The van der Waals surface area contributed by atoms with Gasteiger partial charge >= 0.3 is 0 Å². The molecule has 47 valence electrons. The van der Waals surface area contributed by atoms with Gasteiger partial charge in [-0.25, -0.2) is 0 Å². The Morgan fingerprint density at radius 2 is 2.50 bits per heavy atom. The van der Waals surface area contributed by atoms with Gasteiger partial charge in [-0.15, -0.1) is 11.6 Å². The second-order valence-electron chi connectivity index (χ2n) is 2.33. The summed E-state index contributed by atoms with van der Waals surface area (Å²) in [6, 6.07) is 0. The summed E-state index contributed by atoms with van der Waals surface area (Å²) in [7, 11) is 0. The predicted molar refractivity (Wildman–Crippen MR) is 35.8 cm³/mol. The van der Waals surface area contributed by atoms with Crippen LogP contribution in [0.4, 0.5) is 0 Å². The van der Waals surface area contributed by atoms with E-state index in [4.69, 9.17) is 11.6 Å². The maximum atomic E-state index is 5.78. The third-order valence-electron chi connectivity index (χ3n) is 1.45. The van der Waals surface area contributed by atoms with E-state index in [1.807, 2.05) is 0 Å². The van der Waals surface area contributed by atoms with E-state index in [0.717, 1.165) is 13.0 Å². The van der Waals surface area contributed by atoms with Crippen molar-refractivity contribution in [3.8, 4) is 0 Å². The molecule has 1 saturated heterocycles. The van der Waals surface area contributed by atoms with Gasteiger partial charge in [0.1, 0.15) is 0 Å². The SMILES string of the molecule is C[C]1CCNC(Cl)C1. The maximum Gasteiger partial charge on any atom is 0.0830 e. The van der Waals surface area contributed by atoms with Crippen LogP contribution in [0.2, 0.25) is 0 Å². The summed E-state index contributed by atoms with van der Waals surface area (Å²) in [5.74, 6) is 1.52. The van der Waals surface area contributed by atoms with Crippen LogP contribution in [0, 0.1) is 5.92 Å². The molecule has 0 aromatic carbocycles. The zero-order valence-corrected chi connectivity index (χ0v) is 5.83. The van der Waals surface area contributed by atoms with Gasteiger partial charge in [-0.3, -0.25) is 0 Å². The van der Waals surface area contributed by atoms with Crippen molar-refractivity contribution in [2.45, 2.75) is 25.3 Å². The lowest BCUT2D eigenvalue weighted by Crippen LogP contribution is -2.32. The van der Waals surface area contributed by atoms with Crippen molar-refractivity contribution in [3.63, 3.8) is 0 Å². The number of piperidine rings is 1. The number of rotatable bonds is 0. The molecular weight excluding hydrogens is 122 g/mol. The van der Waals surface area contributed by atoms with E-state index < -0.39 is 0 Å². The second kappa shape index (κ2) is 2.70. The number of hydrogen-bond acceptors (Lipinski definition) is 1. The Kier molecular flexibility index (Phi) is 2.15. The van der Waals surface area contributed by atoms with E-state index in [0.29, 0.717) is 0 Å². The largest absolute Gasteiger partial charge is 0.301 e. The summed E-state index contributed by atoms with van der Waals surface area (Å²) in [4.78, 5) is 0. The highest BCUT2D eigenvalue weighted by molar-refractivity contribution is 6.20. The Hall–Kier alpha value is 0.250. The van der Waals surface area contributed by atoms with Crippen LogP contribution in [0.15, 0.2) is 0 Å². The van der Waals surface area contributed by atoms with Gasteiger partial charge in [0.15, 0.2) is 0 Å². The fourth-order valence-electron chi connectivity index (χ4n) is 0.922. The molecule has 1 fully saturated rings. The third-order valence-corrected chi connectivity index (χ3v) is 1.75. The molecule has 2 heteroatoms. The van der Waals surface area contributed by atoms with Crippen LogP contribution in [-0.4, -0.2) is 12.0 Å². The predicted octanol–water partition coefficient (Wildman–Crippen LogP) is 1.53. The lowest BCUT2D eigenvalue weighted by molar-refractivity contribution is 0.517. The molecule has 8 heavy (non-hydrogen) atoms. The zero-order valence-electron chi connectivity index (χ0n) is 5.08. The molecule has 0 spiro atoms. The first-order chi connectivity index (χ1) is 3.79. The van der Waals surface area contributed by atoms with Gasteiger partial charge in [0.25, 0.3) is 0 Å². The van der Waals surface area contributed by atoms with Gasteiger partial charge in [0.05, 0.1) is 5.50 Å². The van der Waals surface area contributed by atoms with Crippen LogP contribution >= 0.6 is 11.6 Å². The van der Waals surface area contributed by atoms with Crippen LogP contribution in [0.25, 0.3) is 0 Å². The first kappa shape index (κ1) is 6.37. The molecule has 1 N–H and O–H groups in total. The fourth-order valence-corrected chi connectivity index (χ4v) is 1.29. The maximum absolute atomic E-state index is 5.78. The molecule has 1 unspecified atom stereocenters. The molecule has 1 nitrogen and oxygen atoms in total. The zero-order chi connectivity index (χ0) is 5.98. The fraction of sp³-hybridized carbons (Fsp3) is 0.833. The minimum absolute atomic E-state index is 0.198. The van der Waals surface area contributed by atoms with Gasteiger partial charge in [-0.2, -0.15) is 0 Å². The second-order valence-corrected chi connectivity index (χ2v) is 2.86. The smallest absolute Gasteiger partial charge is 0.0830 e. The average Bonchev–Trinajstić information content (AvgIpc) is 1.64. The van der Waals surface area contributed by atoms with Crippen molar-refractivity contribution < 1.29 is 0 Å². The monoisotopic (exact) mass is 132 g/mol. The summed E-state index contributed by atoms with van der Waals surface area (Å²) in [6.45, 7) is 3.22. The van der Waals surface area contributed by atoms with Crippen molar-refractivity contribution in [1.29, 1.82) is 0 Å². The molecule has 0 aromatic heterocycles. The molecular formula is C6H11ClN. The van der Waals surface area contributed by atoms with E-state index in [1.54, 1.807) is 0 Å². The van der Waals surface area contributed by atoms with Gasteiger partial charge in [0, 0.05) is 0 Å². The molecule has 1 radical (unpaired) electrons. The highest BCUT2D eigenvalue weighted by Gasteiger charge is 2.14. The lowest BCUT2D eigenvalue weighted by Gasteiger charge is -2.22. The summed E-state index contributed by atoms with van der Waals surface area (Å²) in [6.07, 6.45) is 2.24. The summed E-state index contributed by atoms with van der Waals surface area (Å²) < 4.78 is 0. The Morgan fingerprint density at radius 1 is 1.75 bits per heavy atom. The van der Waals surface area contributed by atoms with Crippen LogP contribution in [0.5, 0.6) is 0 Å². The molecule has 1 rings (SSSR count). The van der Waals surface area contributed by atoms with Crippen molar-refractivity contribution in [1.82, 2.24) is 5.32 Å². The van der Waals surface area contributed by atoms with Crippen LogP contribution in [0.3, 0.4) is 0 Å². The van der Waals surface area contributed by atoms with Crippen molar-refractivity contribution in [2.75, 3.05) is 6.54 Å². The molecule has 1 aliphatic heterocycles.